The Morgan fingerprint density at radius 2 is 1.94 bits per heavy atom. The normalized spacial score (nSPS) is 12.8. The maximum absolute atomic E-state index is 11.5. The lowest BCUT2D eigenvalue weighted by atomic mass is 10.1. The Kier molecular flexibility index (Phi) is 6.57. The van der Waals surface area contributed by atoms with Gasteiger partial charge in [-0.05, 0) is 27.2 Å². The predicted octanol–water partition coefficient (Wildman–Crippen LogP) is 1.06. The van der Waals surface area contributed by atoms with Crippen LogP contribution in [0.25, 0.3) is 0 Å². The van der Waals surface area contributed by atoms with E-state index in [1.165, 1.54) is 0 Å². The Bertz CT molecular complexity index is 261. The molecule has 0 fully saturated rings. The summed E-state index contributed by atoms with van der Waals surface area (Å²) in [5.41, 5.74) is 1.50. The molecule has 4 N–H and O–H groups in total. The van der Waals surface area contributed by atoms with Gasteiger partial charge in [-0.2, -0.15) is 0 Å². The Labute approximate surface area is 102 Å². The third kappa shape index (κ3) is 8.50. The molecule has 1 atom stereocenters. The van der Waals surface area contributed by atoms with Crippen LogP contribution in [0.1, 0.15) is 47.0 Å². The quantitative estimate of drug-likeness (QED) is 0.383. The Morgan fingerprint density at radius 3 is 2.35 bits per heavy atom. The van der Waals surface area contributed by atoms with Gasteiger partial charge in [-0.3, -0.25) is 10.2 Å². The molecular formula is C11H23N3O3. The van der Waals surface area contributed by atoms with Crippen molar-refractivity contribution in [3.63, 3.8) is 0 Å². The maximum Gasteiger partial charge on any atom is 0.407 e. The highest BCUT2D eigenvalue weighted by molar-refractivity contribution is 5.77. The van der Waals surface area contributed by atoms with Gasteiger partial charge in [0.05, 0.1) is 0 Å². The second kappa shape index (κ2) is 7.11. The third-order valence-corrected chi connectivity index (χ3v) is 1.95. The van der Waals surface area contributed by atoms with E-state index in [-0.39, 0.29) is 18.4 Å². The zero-order chi connectivity index (χ0) is 13.5. The summed E-state index contributed by atoms with van der Waals surface area (Å²) >= 11 is 0. The molecule has 0 rings (SSSR count). The average Bonchev–Trinajstić information content (AvgIpc) is 2.14. The second-order valence-corrected chi connectivity index (χ2v) is 4.90. The number of carbonyl (C=O) groups is 2. The summed E-state index contributed by atoms with van der Waals surface area (Å²) in [4.78, 5) is 22.7. The van der Waals surface area contributed by atoms with E-state index < -0.39 is 11.7 Å². The van der Waals surface area contributed by atoms with Crippen LogP contribution in [0.4, 0.5) is 4.79 Å². The molecule has 0 radical (unpaired) electrons. The first-order valence-corrected chi connectivity index (χ1v) is 5.77. The molecule has 0 bridgehead atoms. The number of nitrogens with two attached hydrogens (primary N) is 1. The largest absolute Gasteiger partial charge is 0.444 e. The number of carbonyl (C=O) groups excluding carboxylic acids is 2. The molecule has 0 aliphatic heterocycles. The summed E-state index contributed by atoms with van der Waals surface area (Å²) in [6, 6.07) is -0.251. The summed E-state index contributed by atoms with van der Waals surface area (Å²) in [6.45, 7) is 7.33. The van der Waals surface area contributed by atoms with E-state index in [1.807, 2.05) is 12.3 Å². The van der Waals surface area contributed by atoms with Crippen molar-refractivity contribution in [1.82, 2.24) is 10.7 Å². The van der Waals surface area contributed by atoms with Gasteiger partial charge >= 0.3 is 6.09 Å². The van der Waals surface area contributed by atoms with Gasteiger partial charge in [-0.1, -0.05) is 13.3 Å². The van der Waals surface area contributed by atoms with Crippen LogP contribution in [0.3, 0.4) is 0 Å². The van der Waals surface area contributed by atoms with Gasteiger partial charge in [0, 0.05) is 12.5 Å². The summed E-state index contributed by atoms with van der Waals surface area (Å²) in [7, 11) is 0. The SMILES string of the molecule is CCCC(CC(=O)NN)NC(=O)OC(C)(C)C. The highest BCUT2D eigenvalue weighted by Crippen LogP contribution is 2.08. The molecule has 0 saturated heterocycles. The van der Waals surface area contributed by atoms with Crippen molar-refractivity contribution in [3.8, 4) is 0 Å². The van der Waals surface area contributed by atoms with Gasteiger partial charge in [-0.25, -0.2) is 10.6 Å². The van der Waals surface area contributed by atoms with Crippen LogP contribution in [-0.2, 0) is 9.53 Å². The van der Waals surface area contributed by atoms with E-state index in [4.69, 9.17) is 10.6 Å². The highest BCUT2D eigenvalue weighted by atomic mass is 16.6. The highest BCUT2D eigenvalue weighted by Gasteiger charge is 2.20. The Balaban J connectivity index is 4.24. The molecule has 100 valence electrons. The number of ether oxygens (including phenoxy) is 1. The number of hydrogen-bond acceptors (Lipinski definition) is 4. The fourth-order valence-electron chi connectivity index (χ4n) is 1.33. The van der Waals surface area contributed by atoms with Crippen LogP contribution in [0.5, 0.6) is 0 Å². The molecule has 0 saturated carbocycles. The van der Waals surface area contributed by atoms with Gasteiger partial charge < -0.3 is 10.1 Å². The van der Waals surface area contributed by atoms with Crippen LogP contribution >= 0.6 is 0 Å². The first-order chi connectivity index (χ1) is 7.78. The number of amides is 2. The van der Waals surface area contributed by atoms with E-state index >= 15 is 0 Å². The van der Waals surface area contributed by atoms with Crippen molar-refractivity contribution in [2.45, 2.75) is 58.6 Å². The van der Waals surface area contributed by atoms with E-state index in [0.717, 1.165) is 6.42 Å². The number of hydrogen-bond donors (Lipinski definition) is 3. The molecule has 0 heterocycles. The Morgan fingerprint density at radius 1 is 1.35 bits per heavy atom. The standard InChI is InChI=1S/C11H23N3O3/c1-5-6-8(7-9(15)14-12)13-10(16)17-11(2,3)4/h8H,5-7,12H2,1-4H3,(H,13,16)(H,14,15). The first-order valence-electron chi connectivity index (χ1n) is 5.77. The monoisotopic (exact) mass is 245 g/mol. The van der Waals surface area contributed by atoms with Crippen molar-refractivity contribution < 1.29 is 14.3 Å². The predicted molar refractivity (Wildman–Crippen MR) is 65.0 cm³/mol. The average molecular weight is 245 g/mol. The molecule has 0 aromatic carbocycles. The van der Waals surface area contributed by atoms with Gasteiger partial charge in [0.15, 0.2) is 0 Å². The Hall–Kier alpha value is -1.30. The molecule has 0 aromatic heterocycles. The molecule has 0 aromatic rings. The molecule has 0 spiro atoms. The fourth-order valence-corrected chi connectivity index (χ4v) is 1.33. The van der Waals surface area contributed by atoms with Crippen molar-refractivity contribution in [1.29, 1.82) is 0 Å². The van der Waals surface area contributed by atoms with Crippen LogP contribution in [0.15, 0.2) is 0 Å². The lowest BCUT2D eigenvalue weighted by molar-refractivity contribution is -0.121. The minimum absolute atomic E-state index is 0.156. The van der Waals surface area contributed by atoms with Crippen molar-refractivity contribution in [2.75, 3.05) is 0 Å². The number of alkyl carbamates (subject to hydrolysis) is 1. The molecule has 17 heavy (non-hydrogen) atoms. The van der Waals surface area contributed by atoms with Crippen LogP contribution < -0.4 is 16.6 Å². The van der Waals surface area contributed by atoms with Crippen molar-refractivity contribution in [2.24, 2.45) is 5.84 Å². The third-order valence-electron chi connectivity index (χ3n) is 1.95. The minimum atomic E-state index is -0.545. The van der Waals surface area contributed by atoms with Crippen LogP contribution in [0, 0.1) is 0 Å². The molecule has 0 aliphatic rings. The molecule has 6 heteroatoms. The molecular weight excluding hydrogens is 222 g/mol. The summed E-state index contributed by atoms with van der Waals surface area (Å²) in [5.74, 6) is 4.70. The van der Waals surface area contributed by atoms with Crippen molar-refractivity contribution in [3.05, 3.63) is 0 Å². The van der Waals surface area contributed by atoms with Gasteiger partial charge in [0.1, 0.15) is 5.60 Å². The first kappa shape index (κ1) is 15.7. The molecule has 2 amide bonds. The summed E-state index contributed by atoms with van der Waals surface area (Å²) in [5, 5.41) is 2.66. The van der Waals surface area contributed by atoms with Gasteiger partial charge in [-0.15, -0.1) is 0 Å². The van der Waals surface area contributed by atoms with Crippen LogP contribution in [0.2, 0.25) is 0 Å². The lowest BCUT2D eigenvalue weighted by Crippen LogP contribution is -2.42. The van der Waals surface area contributed by atoms with Crippen LogP contribution in [-0.4, -0.2) is 23.6 Å². The smallest absolute Gasteiger partial charge is 0.407 e. The zero-order valence-corrected chi connectivity index (χ0v) is 11.0. The number of nitrogens with one attached hydrogen (secondary N) is 2. The van der Waals surface area contributed by atoms with E-state index in [2.05, 4.69) is 5.32 Å². The molecule has 6 nitrogen and oxygen atoms in total. The van der Waals surface area contributed by atoms with E-state index in [9.17, 15) is 9.59 Å². The molecule has 0 aliphatic carbocycles. The number of rotatable bonds is 5. The van der Waals surface area contributed by atoms with Crippen molar-refractivity contribution >= 4 is 12.0 Å². The summed E-state index contributed by atoms with van der Waals surface area (Å²) < 4.78 is 5.12. The fraction of sp³-hybridized carbons (Fsp3) is 0.818. The maximum atomic E-state index is 11.5. The van der Waals surface area contributed by atoms with Gasteiger partial charge in [0.2, 0.25) is 5.91 Å². The van der Waals surface area contributed by atoms with Gasteiger partial charge in [0.25, 0.3) is 0 Å². The lowest BCUT2D eigenvalue weighted by Gasteiger charge is -2.23. The topological polar surface area (TPSA) is 93.5 Å². The number of hydrazine groups is 1. The van der Waals surface area contributed by atoms with E-state index in [0.29, 0.717) is 6.42 Å². The minimum Gasteiger partial charge on any atom is -0.444 e. The molecule has 1 unspecified atom stereocenters. The van der Waals surface area contributed by atoms with E-state index in [1.54, 1.807) is 20.8 Å². The second-order valence-electron chi connectivity index (χ2n) is 4.90. The summed E-state index contributed by atoms with van der Waals surface area (Å²) in [6.07, 6.45) is 1.20. The zero-order valence-electron chi connectivity index (χ0n) is 11.0.